The minimum absolute atomic E-state index is 0.0174. The van der Waals surface area contributed by atoms with Gasteiger partial charge in [-0.2, -0.15) is 0 Å². The molecule has 1 aromatic carbocycles. The third-order valence-corrected chi connectivity index (χ3v) is 5.71. The first-order valence-corrected chi connectivity index (χ1v) is 11.1. The zero-order chi connectivity index (χ0) is 22.9. The van der Waals surface area contributed by atoms with Crippen molar-refractivity contribution in [1.29, 1.82) is 0 Å². The van der Waals surface area contributed by atoms with Gasteiger partial charge in [0.1, 0.15) is 0 Å². The summed E-state index contributed by atoms with van der Waals surface area (Å²) in [6, 6.07) is 6.22. The molecular formula is C23H41N5O3. The summed E-state index contributed by atoms with van der Waals surface area (Å²) in [5.41, 5.74) is 1.14. The zero-order valence-corrected chi connectivity index (χ0v) is 20.3. The molecule has 31 heavy (non-hydrogen) atoms. The van der Waals surface area contributed by atoms with E-state index in [2.05, 4.69) is 61.4 Å². The molecule has 2 rings (SSSR count). The topological polar surface area (TPSA) is 70.6 Å². The van der Waals surface area contributed by atoms with E-state index in [-0.39, 0.29) is 11.6 Å². The number of morpholine rings is 1. The first-order valence-electron chi connectivity index (χ1n) is 11.1. The number of hydrogen-bond acceptors (Lipinski definition) is 6. The average Bonchev–Trinajstić information content (AvgIpc) is 2.77. The van der Waals surface area contributed by atoms with Crippen molar-refractivity contribution in [2.24, 2.45) is 4.99 Å². The highest BCUT2D eigenvalue weighted by atomic mass is 16.5. The Kier molecular flexibility index (Phi) is 9.87. The zero-order valence-electron chi connectivity index (χ0n) is 20.3. The van der Waals surface area contributed by atoms with Crippen molar-refractivity contribution >= 4 is 5.96 Å². The van der Waals surface area contributed by atoms with Crippen molar-refractivity contribution in [2.75, 3.05) is 74.3 Å². The minimum Gasteiger partial charge on any atom is -0.493 e. The number of nitrogens with zero attached hydrogens (tertiary/aromatic N) is 3. The van der Waals surface area contributed by atoms with Crippen LogP contribution in [-0.2, 0) is 4.74 Å². The first-order chi connectivity index (χ1) is 14.8. The molecule has 1 aliphatic rings. The predicted molar refractivity (Wildman–Crippen MR) is 126 cm³/mol. The number of ether oxygens (including phenoxy) is 3. The van der Waals surface area contributed by atoms with Gasteiger partial charge in [-0.05, 0) is 52.6 Å². The van der Waals surface area contributed by atoms with E-state index in [0.717, 1.165) is 55.9 Å². The van der Waals surface area contributed by atoms with Gasteiger partial charge in [0.15, 0.2) is 17.5 Å². The lowest BCUT2D eigenvalue weighted by atomic mass is 10.0. The summed E-state index contributed by atoms with van der Waals surface area (Å²) in [5, 5.41) is 6.90. The molecular weight excluding hydrogens is 394 g/mol. The highest BCUT2D eigenvalue weighted by Crippen LogP contribution is 2.31. The summed E-state index contributed by atoms with van der Waals surface area (Å²) >= 11 is 0. The van der Waals surface area contributed by atoms with Gasteiger partial charge in [0, 0.05) is 31.7 Å². The minimum atomic E-state index is -0.0174. The van der Waals surface area contributed by atoms with Gasteiger partial charge in [0.25, 0.3) is 0 Å². The van der Waals surface area contributed by atoms with Gasteiger partial charge in [-0.15, -0.1) is 0 Å². The van der Waals surface area contributed by atoms with E-state index in [1.54, 1.807) is 14.2 Å². The fourth-order valence-electron chi connectivity index (χ4n) is 3.73. The van der Waals surface area contributed by atoms with Crippen LogP contribution in [0.1, 0.15) is 32.4 Å². The molecule has 8 heteroatoms. The molecule has 176 valence electrons. The van der Waals surface area contributed by atoms with E-state index >= 15 is 0 Å². The maximum Gasteiger partial charge on any atom is 0.191 e. The Hall–Kier alpha value is -2.03. The van der Waals surface area contributed by atoms with E-state index in [4.69, 9.17) is 19.2 Å². The summed E-state index contributed by atoms with van der Waals surface area (Å²) in [7, 11) is 7.47. The number of nitrogens with one attached hydrogen (secondary N) is 2. The largest absolute Gasteiger partial charge is 0.493 e. The monoisotopic (exact) mass is 435 g/mol. The van der Waals surface area contributed by atoms with Crippen LogP contribution in [0, 0.1) is 0 Å². The lowest BCUT2D eigenvalue weighted by molar-refractivity contribution is -0.00684. The molecule has 1 unspecified atom stereocenters. The van der Waals surface area contributed by atoms with Crippen LogP contribution in [0.2, 0.25) is 0 Å². The molecule has 2 N–H and O–H groups in total. The lowest BCUT2D eigenvalue weighted by Gasteiger charge is -2.40. The van der Waals surface area contributed by atoms with Crippen LogP contribution in [-0.4, -0.2) is 95.6 Å². The molecule has 1 aromatic rings. The molecule has 1 aliphatic heterocycles. The number of methoxy groups -OCH3 is 2. The average molecular weight is 436 g/mol. The Balaban J connectivity index is 2.09. The SMILES string of the molecule is CCNC(=NCC(C)(C)N1CCOCC1)NCC(c1ccc(OC)c(OC)c1)N(C)C. The van der Waals surface area contributed by atoms with Crippen molar-refractivity contribution in [3.8, 4) is 11.5 Å². The highest BCUT2D eigenvalue weighted by molar-refractivity contribution is 5.79. The second-order valence-electron chi connectivity index (χ2n) is 8.58. The Morgan fingerprint density at radius 1 is 1.16 bits per heavy atom. The van der Waals surface area contributed by atoms with Crippen LogP contribution in [0.4, 0.5) is 0 Å². The molecule has 8 nitrogen and oxygen atoms in total. The van der Waals surface area contributed by atoms with Crippen LogP contribution in [0.3, 0.4) is 0 Å². The Labute approximate surface area is 187 Å². The maximum absolute atomic E-state index is 5.50. The number of benzene rings is 1. The predicted octanol–water partition coefficient (Wildman–Crippen LogP) is 1.97. The summed E-state index contributed by atoms with van der Waals surface area (Å²) < 4.78 is 16.4. The van der Waals surface area contributed by atoms with Crippen LogP contribution in [0.25, 0.3) is 0 Å². The molecule has 0 bridgehead atoms. The second-order valence-corrected chi connectivity index (χ2v) is 8.58. The van der Waals surface area contributed by atoms with Crippen LogP contribution in [0.15, 0.2) is 23.2 Å². The number of aliphatic imine (C=N–C) groups is 1. The Morgan fingerprint density at radius 2 is 1.84 bits per heavy atom. The molecule has 0 aliphatic carbocycles. The lowest BCUT2D eigenvalue weighted by Crippen LogP contribution is -2.52. The third-order valence-electron chi connectivity index (χ3n) is 5.71. The molecule has 1 heterocycles. The molecule has 1 atom stereocenters. The van der Waals surface area contributed by atoms with Gasteiger partial charge >= 0.3 is 0 Å². The van der Waals surface area contributed by atoms with Gasteiger partial charge in [-0.1, -0.05) is 6.07 Å². The summed E-state index contributed by atoms with van der Waals surface area (Å²) in [6.45, 7) is 12.3. The maximum atomic E-state index is 5.50. The number of hydrogen-bond donors (Lipinski definition) is 2. The van der Waals surface area contributed by atoms with Gasteiger partial charge in [-0.3, -0.25) is 9.89 Å². The van der Waals surface area contributed by atoms with E-state index < -0.39 is 0 Å². The molecule has 0 radical (unpaired) electrons. The van der Waals surface area contributed by atoms with Crippen LogP contribution < -0.4 is 20.1 Å². The fourth-order valence-corrected chi connectivity index (χ4v) is 3.73. The van der Waals surface area contributed by atoms with Gasteiger partial charge in [-0.25, -0.2) is 0 Å². The summed E-state index contributed by atoms with van der Waals surface area (Å²) in [5.74, 6) is 2.30. The number of guanidine groups is 1. The van der Waals surface area contributed by atoms with Crippen molar-refractivity contribution < 1.29 is 14.2 Å². The summed E-state index contributed by atoms with van der Waals surface area (Å²) in [4.78, 5) is 9.54. The van der Waals surface area contributed by atoms with Gasteiger partial charge in [0.2, 0.25) is 0 Å². The number of rotatable bonds is 10. The molecule has 0 amide bonds. The van der Waals surface area contributed by atoms with Crippen LogP contribution in [0.5, 0.6) is 11.5 Å². The van der Waals surface area contributed by atoms with Gasteiger partial charge in [0.05, 0.1) is 40.0 Å². The van der Waals surface area contributed by atoms with Crippen molar-refractivity contribution in [1.82, 2.24) is 20.4 Å². The normalized spacial score (nSPS) is 16.8. The highest BCUT2D eigenvalue weighted by Gasteiger charge is 2.28. The molecule has 1 fully saturated rings. The van der Waals surface area contributed by atoms with E-state index in [1.165, 1.54) is 0 Å². The summed E-state index contributed by atoms with van der Waals surface area (Å²) in [6.07, 6.45) is 0. The molecule has 0 aromatic heterocycles. The van der Waals surface area contributed by atoms with Crippen LogP contribution >= 0.6 is 0 Å². The van der Waals surface area contributed by atoms with Crippen molar-refractivity contribution in [3.63, 3.8) is 0 Å². The smallest absolute Gasteiger partial charge is 0.191 e. The first kappa shape index (κ1) is 25.2. The van der Waals surface area contributed by atoms with Gasteiger partial charge < -0.3 is 29.7 Å². The standard InChI is InChI=1S/C23H41N5O3/c1-8-24-22(26-17-23(2,3)28-11-13-31-14-12-28)25-16-19(27(4)5)18-9-10-20(29-6)21(15-18)30-7/h9-10,15,19H,8,11-14,16-17H2,1-7H3,(H2,24,25,26). The van der Waals surface area contributed by atoms with E-state index in [0.29, 0.717) is 13.1 Å². The second kappa shape index (κ2) is 12.1. The molecule has 0 spiro atoms. The quantitative estimate of drug-likeness (QED) is 0.430. The molecule has 0 saturated carbocycles. The fraction of sp³-hybridized carbons (Fsp3) is 0.696. The number of likely N-dealkylation sites (N-methyl/N-ethyl adjacent to an activating group) is 1. The molecule has 1 saturated heterocycles. The van der Waals surface area contributed by atoms with Crippen molar-refractivity contribution in [2.45, 2.75) is 32.4 Å². The third kappa shape index (κ3) is 7.26. The van der Waals surface area contributed by atoms with E-state index in [1.807, 2.05) is 12.1 Å². The Bertz CT molecular complexity index is 702. The van der Waals surface area contributed by atoms with E-state index in [9.17, 15) is 0 Å². The Morgan fingerprint density at radius 3 is 2.42 bits per heavy atom. The van der Waals surface area contributed by atoms with Crippen molar-refractivity contribution in [3.05, 3.63) is 23.8 Å².